The molecule has 1 aliphatic rings. The summed E-state index contributed by atoms with van der Waals surface area (Å²) in [5.41, 5.74) is 5.14. The Balaban J connectivity index is 1.91. The summed E-state index contributed by atoms with van der Waals surface area (Å²) >= 11 is 0. The van der Waals surface area contributed by atoms with Crippen molar-refractivity contribution < 1.29 is 9.59 Å². The summed E-state index contributed by atoms with van der Waals surface area (Å²) in [5.74, 6) is -0.924. The predicted octanol–water partition coefficient (Wildman–Crippen LogP) is 1.91. The van der Waals surface area contributed by atoms with Crippen LogP contribution in [0.3, 0.4) is 0 Å². The fraction of sp³-hybridized carbons (Fsp3) is 0.235. The van der Waals surface area contributed by atoms with Gasteiger partial charge in [-0.2, -0.15) is 0 Å². The van der Waals surface area contributed by atoms with Gasteiger partial charge < -0.3 is 0 Å². The van der Waals surface area contributed by atoms with E-state index in [1.165, 1.54) is 10.7 Å². The van der Waals surface area contributed by atoms with Crippen molar-refractivity contribution in [1.29, 1.82) is 0 Å². The third-order valence-electron chi connectivity index (χ3n) is 3.93. The van der Waals surface area contributed by atoms with Gasteiger partial charge in [0.15, 0.2) is 5.78 Å². The van der Waals surface area contributed by atoms with Crippen molar-refractivity contribution in [3.8, 4) is 0 Å². The molecular formula is C17H16N2O3. The molecule has 0 unspecified atom stereocenters. The molecule has 0 spiro atoms. The molecule has 0 aliphatic heterocycles. The van der Waals surface area contributed by atoms with E-state index in [2.05, 4.69) is 5.43 Å². The summed E-state index contributed by atoms with van der Waals surface area (Å²) in [4.78, 5) is 36.5. The Morgan fingerprint density at radius 3 is 2.64 bits per heavy atom. The highest BCUT2D eigenvalue weighted by Crippen LogP contribution is 2.33. The second kappa shape index (κ2) is 5.26. The maximum Gasteiger partial charge on any atom is 0.269 e. The van der Waals surface area contributed by atoms with E-state index in [4.69, 9.17) is 0 Å². The van der Waals surface area contributed by atoms with E-state index in [1.54, 1.807) is 31.2 Å². The molecule has 1 aromatic heterocycles. The Bertz CT molecular complexity index is 836. The molecule has 0 saturated carbocycles. The number of amides is 1. The number of hydrogen-bond acceptors (Lipinski definition) is 3. The smallest absolute Gasteiger partial charge is 0.269 e. The van der Waals surface area contributed by atoms with Gasteiger partial charge in [0.2, 0.25) is 5.91 Å². The van der Waals surface area contributed by atoms with Gasteiger partial charge in [-0.05, 0) is 31.0 Å². The molecule has 0 bridgehead atoms. The highest BCUT2D eigenvalue weighted by Gasteiger charge is 2.34. The van der Waals surface area contributed by atoms with Gasteiger partial charge >= 0.3 is 0 Å². The lowest BCUT2D eigenvalue weighted by atomic mass is 10.0. The molecule has 22 heavy (non-hydrogen) atoms. The first-order valence-corrected chi connectivity index (χ1v) is 7.10. The van der Waals surface area contributed by atoms with Gasteiger partial charge in [-0.1, -0.05) is 24.3 Å². The van der Waals surface area contributed by atoms with Crippen molar-refractivity contribution in [2.45, 2.75) is 26.2 Å². The zero-order valence-electron chi connectivity index (χ0n) is 12.4. The quantitative estimate of drug-likeness (QED) is 0.920. The second-order valence-corrected chi connectivity index (χ2v) is 5.59. The molecule has 0 fully saturated rings. The van der Waals surface area contributed by atoms with Crippen LogP contribution in [0.15, 0.2) is 41.2 Å². The molecule has 1 atom stereocenters. The van der Waals surface area contributed by atoms with E-state index in [0.29, 0.717) is 11.3 Å². The molecule has 0 saturated heterocycles. The summed E-state index contributed by atoms with van der Waals surface area (Å²) < 4.78 is 1.22. The number of nitrogens with one attached hydrogen (secondary N) is 1. The molecule has 1 heterocycles. The normalized spacial score (nSPS) is 16.5. The van der Waals surface area contributed by atoms with Crippen LogP contribution in [-0.2, 0) is 4.79 Å². The minimum absolute atomic E-state index is 0.0382. The average molecular weight is 296 g/mol. The second-order valence-electron chi connectivity index (χ2n) is 5.59. The van der Waals surface area contributed by atoms with E-state index in [9.17, 15) is 14.4 Å². The van der Waals surface area contributed by atoms with Gasteiger partial charge in [-0.3, -0.25) is 19.8 Å². The van der Waals surface area contributed by atoms with Crippen molar-refractivity contribution in [2.24, 2.45) is 0 Å². The van der Waals surface area contributed by atoms with Crippen LogP contribution in [-0.4, -0.2) is 16.4 Å². The molecular weight excluding hydrogens is 280 g/mol. The van der Waals surface area contributed by atoms with Crippen LogP contribution >= 0.6 is 0 Å². The number of fused-ring (bicyclic) bond motifs is 1. The van der Waals surface area contributed by atoms with Crippen LogP contribution in [0.4, 0.5) is 0 Å². The van der Waals surface area contributed by atoms with Crippen molar-refractivity contribution in [1.82, 2.24) is 4.68 Å². The third kappa shape index (κ3) is 2.35. The molecule has 0 radical (unpaired) electrons. The summed E-state index contributed by atoms with van der Waals surface area (Å²) in [6, 6.07) is 10.4. The molecule has 1 amide bonds. The standard InChI is InChI=1S/C17H16N2O3/c1-10-7-11(2)19(16(21)8-10)18-17(22)14-9-15(20)13-6-4-3-5-12(13)14/h3-8,14H,9H2,1-2H3,(H,18,22)/t14-/m1/s1. The van der Waals surface area contributed by atoms with Gasteiger partial charge in [0, 0.05) is 23.7 Å². The lowest BCUT2D eigenvalue weighted by Crippen LogP contribution is -2.36. The summed E-state index contributed by atoms with van der Waals surface area (Å²) in [6.45, 7) is 3.58. The van der Waals surface area contributed by atoms with Crippen LogP contribution in [0, 0.1) is 13.8 Å². The number of hydrogen-bond donors (Lipinski definition) is 1. The minimum atomic E-state index is -0.545. The zero-order chi connectivity index (χ0) is 15.9. The number of aryl methyl sites for hydroxylation is 2. The predicted molar refractivity (Wildman–Crippen MR) is 82.7 cm³/mol. The number of benzene rings is 1. The van der Waals surface area contributed by atoms with Crippen LogP contribution < -0.4 is 11.0 Å². The van der Waals surface area contributed by atoms with Crippen molar-refractivity contribution in [2.75, 3.05) is 5.43 Å². The van der Waals surface area contributed by atoms with E-state index in [1.807, 2.05) is 13.0 Å². The largest absolute Gasteiger partial charge is 0.294 e. The minimum Gasteiger partial charge on any atom is -0.294 e. The number of rotatable bonds is 2. The number of nitrogens with zero attached hydrogens (tertiary/aromatic N) is 1. The van der Waals surface area contributed by atoms with E-state index < -0.39 is 5.92 Å². The lowest BCUT2D eigenvalue weighted by Gasteiger charge is -2.15. The SMILES string of the molecule is Cc1cc(C)n(NC(=O)[C@@H]2CC(=O)c3ccccc32)c(=O)c1. The van der Waals surface area contributed by atoms with E-state index in [0.717, 1.165) is 11.1 Å². The molecule has 112 valence electrons. The van der Waals surface area contributed by atoms with Gasteiger partial charge in [0.05, 0.1) is 5.92 Å². The topological polar surface area (TPSA) is 68.2 Å². The average Bonchev–Trinajstić information content (AvgIpc) is 2.80. The highest BCUT2D eigenvalue weighted by molar-refractivity contribution is 6.08. The number of carbonyl (C=O) groups is 2. The van der Waals surface area contributed by atoms with Crippen LogP contribution in [0.2, 0.25) is 0 Å². The van der Waals surface area contributed by atoms with Gasteiger partial charge in [0.25, 0.3) is 5.56 Å². The fourth-order valence-electron chi connectivity index (χ4n) is 2.89. The Kier molecular flexibility index (Phi) is 3.41. The first-order chi connectivity index (χ1) is 10.5. The molecule has 1 aliphatic carbocycles. The monoisotopic (exact) mass is 296 g/mol. The number of pyridine rings is 1. The third-order valence-corrected chi connectivity index (χ3v) is 3.93. The molecule has 1 N–H and O–H groups in total. The molecule has 5 heteroatoms. The number of aromatic nitrogens is 1. The Hall–Kier alpha value is -2.69. The van der Waals surface area contributed by atoms with Crippen LogP contribution in [0.5, 0.6) is 0 Å². The van der Waals surface area contributed by atoms with Gasteiger partial charge in [0.1, 0.15) is 0 Å². The number of ketones is 1. The Labute approximate surface area is 127 Å². The molecule has 5 nitrogen and oxygen atoms in total. The Morgan fingerprint density at radius 2 is 1.91 bits per heavy atom. The van der Waals surface area contributed by atoms with Gasteiger partial charge in [-0.15, -0.1) is 0 Å². The zero-order valence-corrected chi connectivity index (χ0v) is 12.4. The summed E-state index contributed by atoms with van der Waals surface area (Å²) in [7, 11) is 0. The lowest BCUT2D eigenvalue weighted by molar-refractivity contribution is -0.118. The van der Waals surface area contributed by atoms with Crippen LogP contribution in [0.1, 0.15) is 39.5 Å². The van der Waals surface area contributed by atoms with E-state index in [-0.39, 0.29) is 23.7 Å². The maximum atomic E-state index is 12.5. The Morgan fingerprint density at radius 1 is 1.18 bits per heavy atom. The van der Waals surface area contributed by atoms with Crippen molar-refractivity contribution >= 4 is 11.7 Å². The molecule has 1 aromatic carbocycles. The summed E-state index contributed by atoms with van der Waals surface area (Å²) in [5, 5.41) is 0. The van der Waals surface area contributed by atoms with Crippen LogP contribution in [0.25, 0.3) is 0 Å². The number of carbonyl (C=O) groups excluding carboxylic acids is 2. The summed E-state index contributed by atoms with van der Waals surface area (Å²) in [6.07, 6.45) is 0.144. The van der Waals surface area contributed by atoms with E-state index >= 15 is 0 Å². The number of Topliss-reactive ketones (excluding diaryl/α,β-unsaturated/α-hetero) is 1. The highest BCUT2D eigenvalue weighted by atomic mass is 16.2. The first-order valence-electron chi connectivity index (χ1n) is 7.10. The molecule has 3 rings (SSSR count). The maximum absolute atomic E-state index is 12.5. The first kappa shape index (κ1) is 14.3. The van der Waals surface area contributed by atoms with Crippen molar-refractivity contribution in [3.05, 3.63) is 69.1 Å². The van der Waals surface area contributed by atoms with Crippen molar-refractivity contribution in [3.63, 3.8) is 0 Å². The molecule has 2 aromatic rings. The fourth-order valence-corrected chi connectivity index (χ4v) is 2.89. The van der Waals surface area contributed by atoms with Gasteiger partial charge in [-0.25, -0.2) is 4.68 Å².